The number of H-pyrrole nitrogens is 1. The third-order valence-electron chi connectivity index (χ3n) is 5.75. The number of carbonyl (C=O) groups excluding carboxylic acids is 1. The largest absolute Gasteiger partial charge is 0.338 e. The Bertz CT molecular complexity index is 972. The van der Waals surface area contributed by atoms with Crippen LogP contribution in [0.4, 0.5) is 0 Å². The Balaban J connectivity index is 1.67. The van der Waals surface area contributed by atoms with E-state index in [1.54, 1.807) is 24.6 Å². The molecule has 1 amide bonds. The van der Waals surface area contributed by atoms with Gasteiger partial charge in [0.25, 0.3) is 16.1 Å². The lowest BCUT2D eigenvalue weighted by atomic mass is 9.89. The van der Waals surface area contributed by atoms with Gasteiger partial charge in [-0.3, -0.25) is 4.79 Å². The smallest absolute Gasteiger partial charge is 0.281 e. The second kappa shape index (κ2) is 6.98. The number of rotatable bonds is 4. The minimum absolute atomic E-state index is 0.0603. The zero-order chi connectivity index (χ0) is 20.1. The monoisotopic (exact) mass is 403 g/mol. The van der Waals surface area contributed by atoms with Crippen molar-refractivity contribution in [3.05, 3.63) is 53.6 Å². The van der Waals surface area contributed by atoms with Crippen molar-refractivity contribution in [3.8, 4) is 0 Å². The maximum atomic E-state index is 13.2. The fraction of sp³-hybridized carbons (Fsp3) is 0.474. The summed E-state index contributed by atoms with van der Waals surface area (Å²) in [5.74, 6) is 0.770. The second-order valence-corrected chi connectivity index (χ2v) is 9.87. The van der Waals surface area contributed by atoms with Gasteiger partial charge in [-0.25, -0.2) is 4.98 Å². The number of aromatic nitrogens is 2. The van der Waals surface area contributed by atoms with Gasteiger partial charge in [0.15, 0.2) is 0 Å². The summed E-state index contributed by atoms with van der Waals surface area (Å²) in [4.78, 5) is 22.2. The lowest BCUT2D eigenvalue weighted by molar-refractivity contribution is 0.0703. The predicted octanol–water partition coefficient (Wildman–Crippen LogP) is 1.27. The zero-order valence-electron chi connectivity index (χ0n) is 16.2. The fourth-order valence-electron chi connectivity index (χ4n) is 4.39. The van der Waals surface area contributed by atoms with Crippen molar-refractivity contribution in [2.45, 2.75) is 13.0 Å². The molecule has 28 heavy (non-hydrogen) atoms. The molecule has 3 heterocycles. The molecule has 1 aromatic heterocycles. The molecule has 0 saturated carbocycles. The molecule has 2 fully saturated rings. The molecule has 0 bridgehead atoms. The molecule has 0 radical (unpaired) electrons. The Morgan fingerprint density at radius 1 is 1.18 bits per heavy atom. The molecule has 2 aliphatic heterocycles. The van der Waals surface area contributed by atoms with Crippen molar-refractivity contribution in [1.82, 2.24) is 23.5 Å². The lowest BCUT2D eigenvalue weighted by Crippen LogP contribution is -2.41. The van der Waals surface area contributed by atoms with Gasteiger partial charge in [0.1, 0.15) is 11.5 Å². The first-order valence-corrected chi connectivity index (χ1v) is 10.7. The van der Waals surface area contributed by atoms with E-state index in [0.717, 1.165) is 5.56 Å². The van der Waals surface area contributed by atoms with E-state index in [0.29, 0.717) is 31.2 Å². The maximum absolute atomic E-state index is 13.2. The molecular formula is C19H25N5O3S. The Hall–Kier alpha value is -2.23. The van der Waals surface area contributed by atoms with E-state index < -0.39 is 10.2 Å². The fourth-order valence-corrected chi connectivity index (χ4v) is 5.60. The topological polar surface area (TPSA) is 89.6 Å². The van der Waals surface area contributed by atoms with Crippen molar-refractivity contribution < 1.29 is 13.2 Å². The van der Waals surface area contributed by atoms with Crippen molar-refractivity contribution >= 4 is 16.1 Å². The summed E-state index contributed by atoms with van der Waals surface area (Å²) < 4.78 is 28.0. The molecular weight excluding hydrogens is 378 g/mol. The van der Waals surface area contributed by atoms with Gasteiger partial charge in [0, 0.05) is 39.6 Å². The van der Waals surface area contributed by atoms with Crippen LogP contribution in [-0.2, 0) is 10.2 Å². The molecule has 9 heteroatoms. The van der Waals surface area contributed by atoms with E-state index in [1.165, 1.54) is 4.31 Å². The first-order valence-electron chi connectivity index (χ1n) is 9.34. The molecule has 2 saturated heterocycles. The van der Waals surface area contributed by atoms with Gasteiger partial charge in [-0.05, 0) is 18.4 Å². The Kier molecular flexibility index (Phi) is 4.76. The van der Waals surface area contributed by atoms with Gasteiger partial charge in [-0.1, -0.05) is 30.3 Å². The molecule has 0 aliphatic carbocycles. The molecule has 150 valence electrons. The van der Waals surface area contributed by atoms with Crippen LogP contribution in [0.5, 0.6) is 0 Å². The van der Waals surface area contributed by atoms with Gasteiger partial charge in [0.05, 0.1) is 12.2 Å². The minimum atomic E-state index is -3.46. The van der Waals surface area contributed by atoms with Crippen molar-refractivity contribution in [3.63, 3.8) is 0 Å². The molecule has 8 nitrogen and oxygen atoms in total. The van der Waals surface area contributed by atoms with Crippen molar-refractivity contribution in [2.24, 2.45) is 11.8 Å². The molecule has 1 aromatic carbocycles. The van der Waals surface area contributed by atoms with Gasteiger partial charge in [-0.15, -0.1) is 0 Å². The average molecular weight is 404 g/mol. The average Bonchev–Trinajstić information content (AvgIpc) is 3.35. The summed E-state index contributed by atoms with van der Waals surface area (Å²) >= 11 is 0. The van der Waals surface area contributed by atoms with E-state index in [2.05, 4.69) is 9.97 Å². The van der Waals surface area contributed by atoms with Crippen LogP contribution in [0.1, 0.15) is 27.9 Å². The first-order chi connectivity index (χ1) is 13.3. The molecule has 0 unspecified atom stereocenters. The maximum Gasteiger partial charge on any atom is 0.281 e. The number of hydrogen-bond donors (Lipinski definition) is 1. The van der Waals surface area contributed by atoms with Crippen LogP contribution in [0.2, 0.25) is 0 Å². The molecule has 0 spiro atoms. The number of hydrogen-bond acceptors (Lipinski definition) is 4. The quantitative estimate of drug-likeness (QED) is 0.833. The van der Waals surface area contributed by atoms with Crippen LogP contribution in [-0.4, -0.2) is 71.5 Å². The number of nitrogens with zero attached hydrogens (tertiary/aromatic N) is 4. The number of fused-ring (bicyclic) bond motifs is 1. The number of imidazole rings is 1. The highest BCUT2D eigenvalue weighted by molar-refractivity contribution is 7.86. The number of carbonyl (C=O) groups is 1. The molecule has 2 aromatic rings. The zero-order valence-corrected chi connectivity index (χ0v) is 17.1. The number of nitrogens with one attached hydrogen (secondary N) is 1. The van der Waals surface area contributed by atoms with Gasteiger partial charge >= 0.3 is 0 Å². The number of aryl methyl sites for hydroxylation is 1. The van der Waals surface area contributed by atoms with Gasteiger partial charge in [-0.2, -0.15) is 17.0 Å². The highest BCUT2D eigenvalue weighted by Crippen LogP contribution is 2.46. The standard InChI is InChI=1S/C19H25N5O3S/c1-13-20-9-17(21-13)19(25)24-11-15-10-23(28(26,27)22(2)3)12-16(15)18(24)14-7-5-4-6-8-14/h4-9,15-16,18H,10-12H2,1-3H3,(H,20,21)/t15-,16-,18+/m0/s1. The lowest BCUT2D eigenvalue weighted by Gasteiger charge is -2.30. The third kappa shape index (κ3) is 3.13. The van der Waals surface area contributed by atoms with Crippen LogP contribution in [0.15, 0.2) is 36.5 Å². The van der Waals surface area contributed by atoms with Crippen LogP contribution < -0.4 is 0 Å². The van der Waals surface area contributed by atoms with E-state index in [9.17, 15) is 13.2 Å². The number of amides is 1. The molecule has 4 rings (SSSR count). The first kappa shape index (κ1) is 19.1. The second-order valence-electron chi connectivity index (χ2n) is 7.73. The number of benzene rings is 1. The van der Waals surface area contributed by atoms with Gasteiger partial charge < -0.3 is 9.88 Å². The van der Waals surface area contributed by atoms with Crippen molar-refractivity contribution in [2.75, 3.05) is 33.7 Å². The summed E-state index contributed by atoms with van der Waals surface area (Å²) in [7, 11) is -0.364. The summed E-state index contributed by atoms with van der Waals surface area (Å²) in [6.07, 6.45) is 1.57. The summed E-state index contributed by atoms with van der Waals surface area (Å²) in [6, 6.07) is 9.70. The van der Waals surface area contributed by atoms with Gasteiger partial charge in [0.2, 0.25) is 0 Å². The van der Waals surface area contributed by atoms with E-state index in [4.69, 9.17) is 0 Å². The predicted molar refractivity (Wildman–Crippen MR) is 105 cm³/mol. The number of aromatic amines is 1. The summed E-state index contributed by atoms with van der Waals surface area (Å²) in [5.41, 5.74) is 1.50. The highest BCUT2D eigenvalue weighted by Gasteiger charge is 2.51. The minimum Gasteiger partial charge on any atom is -0.338 e. The van der Waals surface area contributed by atoms with E-state index in [-0.39, 0.29) is 23.8 Å². The molecule has 3 atom stereocenters. The normalized spacial score (nSPS) is 25.4. The number of likely N-dealkylation sites (tertiary alicyclic amines) is 1. The molecule has 2 aliphatic rings. The third-order valence-corrected chi connectivity index (χ3v) is 7.63. The Morgan fingerprint density at radius 2 is 1.89 bits per heavy atom. The van der Waals surface area contributed by atoms with Crippen LogP contribution in [0.25, 0.3) is 0 Å². The highest BCUT2D eigenvalue weighted by atomic mass is 32.2. The Morgan fingerprint density at radius 3 is 2.50 bits per heavy atom. The summed E-state index contributed by atoms with van der Waals surface area (Å²) in [5, 5.41) is 0. The molecule has 1 N–H and O–H groups in total. The summed E-state index contributed by atoms with van der Waals surface area (Å²) in [6.45, 7) is 3.19. The SMILES string of the molecule is Cc1ncc(C(=O)N2C[C@@H]3CN(S(=O)(=O)N(C)C)C[C@@H]3[C@H]2c2ccccc2)[nH]1. The van der Waals surface area contributed by atoms with E-state index >= 15 is 0 Å². The van der Waals surface area contributed by atoms with Crippen LogP contribution in [0.3, 0.4) is 0 Å². The van der Waals surface area contributed by atoms with E-state index in [1.807, 2.05) is 42.2 Å². The van der Waals surface area contributed by atoms with Crippen molar-refractivity contribution in [1.29, 1.82) is 0 Å². The van der Waals surface area contributed by atoms with Crippen LogP contribution >= 0.6 is 0 Å². The Labute approximate surface area is 165 Å². The van der Waals surface area contributed by atoms with Crippen LogP contribution in [0, 0.1) is 18.8 Å².